The second-order valence-corrected chi connectivity index (χ2v) is 7.76. The number of nitrogens with zero attached hydrogens (tertiary/aromatic N) is 1. The SMILES string of the molecule is Cc1cc(C)c(NC(=O)c2cc(S(C)(=O)=O)ccc2C)c(C)n1. The van der Waals surface area contributed by atoms with Crippen molar-refractivity contribution in [3.05, 3.63) is 52.3 Å². The third-order valence-corrected chi connectivity index (χ3v) is 4.76. The summed E-state index contributed by atoms with van der Waals surface area (Å²) in [7, 11) is -3.36. The first-order valence-corrected chi connectivity index (χ1v) is 9.05. The Bertz CT molecular complexity index is 864. The number of aryl methyl sites for hydroxylation is 4. The molecule has 5 nitrogen and oxygen atoms in total. The Hall–Kier alpha value is -2.21. The van der Waals surface area contributed by atoms with Gasteiger partial charge in [-0.05, 0) is 57.0 Å². The van der Waals surface area contributed by atoms with Crippen LogP contribution < -0.4 is 5.32 Å². The van der Waals surface area contributed by atoms with Crippen LogP contribution >= 0.6 is 0 Å². The Morgan fingerprint density at radius 2 is 1.70 bits per heavy atom. The van der Waals surface area contributed by atoms with E-state index in [4.69, 9.17) is 0 Å². The van der Waals surface area contributed by atoms with Crippen molar-refractivity contribution >= 4 is 21.4 Å². The van der Waals surface area contributed by atoms with Gasteiger partial charge in [0.05, 0.1) is 16.3 Å². The van der Waals surface area contributed by atoms with Crippen LogP contribution in [-0.2, 0) is 9.84 Å². The normalized spacial score (nSPS) is 11.3. The van der Waals surface area contributed by atoms with Crippen molar-refractivity contribution in [1.29, 1.82) is 0 Å². The van der Waals surface area contributed by atoms with E-state index in [0.717, 1.165) is 23.2 Å². The summed E-state index contributed by atoms with van der Waals surface area (Å²) in [5.74, 6) is -0.343. The summed E-state index contributed by atoms with van der Waals surface area (Å²) >= 11 is 0. The van der Waals surface area contributed by atoms with Crippen LogP contribution in [0.3, 0.4) is 0 Å². The number of hydrogen-bond donors (Lipinski definition) is 1. The Labute approximate surface area is 136 Å². The van der Waals surface area contributed by atoms with Crippen molar-refractivity contribution < 1.29 is 13.2 Å². The van der Waals surface area contributed by atoms with Crippen molar-refractivity contribution in [2.24, 2.45) is 0 Å². The van der Waals surface area contributed by atoms with Crippen molar-refractivity contribution in [1.82, 2.24) is 4.98 Å². The number of sulfone groups is 1. The highest BCUT2D eigenvalue weighted by Crippen LogP contribution is 2.22. The lowest BCUT2D eigenvalue weighted by atomic mass is 10.1. The lowest BCUT2D eigenvalue weighted by Crippen LogP contribution is -2.16. The second-order valence-electron chi connectivity index (χ2n) is 5.74. The van der Waals surface area contributed by atoms with E-state index in [1.54, 1.807) is 13.0 Å². The van der Waals surface area contributed by atoms with E-state index in [1.807, 2.05) is 26.8 Å². The first-order chi connectivity index (χ1) is 10.6. The van der Waals surface area contributed by atoms with Gasteiger partial charge in [0.1, 0.15) is 0 Å². The van der Waals surface area contributed by atoms with Crippen LogP contribution in [0.25, 0.3) is 0 Å². The van der Waals surface area contributed by atoms with Crippen LogP contribution in [0.1, 0.15) is 32.9 Å². The summed E-state index contributed by atoms with van der Waals surface area (Å²) in [4.78, 5) is 17.0. The number of nitrogens with one attached hydrogen (secondary N) is 1. The maximum Gasteiger partial charge on any atom is 0.256 e. The van der Waals surface area contributed by atoms with Crippen LogP contribution in [-0.4, -0.2) is 25.6 Å². The molecule has 1 aromatic carbocycles. The van der Waals surface area contributed by atoms with Gasteiger partial charge in [0.25, 0.3) is 5.91 Å². The average Bonchev–Trinajstić information content (AvgIpc) is 2.41. The first kappa shape index (κ1) is 17.1. The number of rotatable bonds is 3. The van der Waals surface area contributed by atoms with Crippen molar-refractivity contribution in [2.75, 3.05) is 11.6 Å². The summed E-state index contributed by atoms with van der Waals surface area (Å²) in [6, 6.07) is 6.44. The smallest absolute Gasteiger partial charge is 0.256 e. The molecule has 0 aliphatic carbocycles. The maximum atomic E-state index is 12.6. The maximum absolute atomic E-state index is 12.6. The number of carbonyl (C=O) groups is 1. The molecular weight excluding hydrogens is 312 g/mol. The molecule has 0 saturated carbocycles. The number of amides is 1. The van der Waals surface area contributed by atoms with E-state index < -0.39 is 9.84 Å². The molecule has 0 unspecified atom stereocenters. The molecule has 1 heterocycles. The topological polar surface area (TPSA) is 76.1 Å². The molecule has 122 valence electrons. The highest BCUT2D eigenvalue weighted by Gasteiger charge is 2.16. The molecule has 1 N–H and O–H groups in total. The zero-order valence-electron chi connectivity index (χ0n) is 13.9. The van der Waals surface area contributed by atoms with Gasteiger partial charge in [-0.1, -0.05) is 6.07 Å². The monoisotopic (exact) mass is 332 g/mol. The van der Waals surface area contributed by atoms with Crippen molar-refractivity contribution in [3.63, 3.8) is 0 Å². The van der Waals surface area contributed by atoms with Crippen LogP contribution in [0, 0.1) is 27.7 Å². The number of aromatic nitrogens is 1. The third kappa shape index (κ3) is 3.76. The predicted octanol–water partition coefficient (Wildman–Crippen LogP) is 2.97. The molecule has 0 aliphatic heterocycles. The lowest BCUT2D eigenvalue weighted by molar-refractivity contribution is 0.102. The summed E-state index contributed by atoms with van der Waals surface area (Å²) in [5, 5.41) is 2.85. The standard InChI is InChI=1S/C17H20N2O3S/c1-10-6-7-14(23(5,21)22)9-15(10)17(20)19-16-11(2)8-12(3)18-13(16)4/h6-9H,1-5H3,(H,19,20). The molecule has 23 heavy (non-hydrogen) atoms. The Morgan fingerprint density at radius 1 is 1.04 bits per heavy atom. The molecule has 0 saturated heterocycles. The van der Waals surface area contributed by atoms with Gasteiger partial charge in [0.15, 0.2) is 9.84 Å². The highest BCUT2D eigenvalue weighted by molar-refractivity contribution is 7.90. The van der Waals surface area contributed by atoms with Crippen LogP contribution in [0.2, 0.25) is 0 Å². The fourth-order valence-corrected chi connectivity index (χ4v) is 3.12. The Morgan fingerprint density at radius 3 is 2.26 bits per heavy atom. The molecule has 2 aromatic rings. The Kier molecular flexibility index (Phi) is 4.56. The van der Waals surface area contributed by atoms with E-state index in [2.05, 4.69) is 10.3 Å². The number of pyridine rings is 1. The number of hydrogen-bond acceptors (Lipinski definition) is 4. The predicted molar refractivity (Wildman–Crippen MR) is 90.7 cm³/mol. The molecule has 0 fully saturated rings. The number of anilines is 1. The molecule has 0 spiro atoms. The largest absolute Gasteiger partial charge is 0.320 e. The molecule has 0 atom stereocenters. The molecule has 1 aromatic heterocycles. The molecule has 0 radical (unpaired) electrons. The quantitative estimate of drug-likeness (QED) is 0.937. The van der Waals surface area contributed by atoms with Gasteiger partial charge < -0.3 is 5.32 Å². The van der Waals surface area contributed by atoms with E-state index >= 15 is 0 Å². The molecule has 0 aliphatic rings. The number of benzene rings is 1. The molecular formula is C17H20N2O3S. The fourth-order valence-electron chi connectivity index (χ4n) is 2.47. The van der Waals surface area contributed by atoms with E-state index in [0.29, 0.717) is 16.8 Å². The minimum atomic E-state index is -3.36. The minimum absolute atomic E-state index is 0.128. The van der Waals surface area contributed by atoms with Crippen LogP contribution in [0.15, 0.2) is 29.2 Å². The highest BCUT2D eigenvalue weighted by atomic mass is 32.2. The minimum Gasteiger partial charge on any atom is -0.320 e. The van der Waals surface area contributed by atoms with E-state index in [1.165, 1.54) is 12.1 Å². The lowest BCUT2D eigenvalue weighted by Gasteiger charge is -2.13. The molecule has 0 bridgehead atoms. The van der Waals surface area contributed by atoms with Gasteiger partial charge in [-0.25, -0.2) is 8.42 Å². The van der Waals surface area contributed by atoms with E-state index in [-0.39, 0.29) is 10.8 Å². The van der Waals surface area contributed by atoms with Crippen molar-refractivity contribution in [2.45, 2.75) is 32.6 Å². The average molecular weight is 332 g/mol. The zero-order chi connectivity index (χ0) is 17.4. The summed E-state index contributed by atoms with van der Waals surface area (Å²) in [5.41, 5.74) is 4.24. The third-order valence-electron chi connectivity index (χ3n) is 3.65. The van der Waals surface area contributed by atoms with Gasteiger partial charge >= 0.3 is 0 Å². The van der Waals surface area contributed by atoms with Crippen LogP contribution in [0.5, 0.6) is 0 Å². The number of carbonyl (C=O) groups excluding carboxylic acids is 1. The summed E-state index contributed by atoms with van der Waals surface area (Å²) in [6.07, 6.45) is 1.12. The van der Waals surface area contributed by atoms with Gasteiger partial charge in [-0.15, -0.1) is 0 Å². The molecule has 6 heteroatoms. The van der Waals surface area contributed by atoms with Gasteiger partial charge in [0, 0.05) is 17.5 Å². The van der Waals surface area contributed by atoms with Crippen LogP contribution in [0.4, 0.5) is 5.69 Å². The molecule has 2 rings (SSSR count). The molecule has 1 amide bonds. The van der Waals surface area contributed by atoms with Crippen molar-refractivity contribution in [3.8, 4) is 0 Å². The van der Waals surface area contributed by atoms with Gasteiger partial charge in [-0.2, -0.15) is 0 Å². The zero-order valence-corrected chi connectivity index (χ0v) is 14.7. The fraction of sp³-hybridized carbons (Fsp3) is 0.294. The van der Waals surface area contributed by atoms with E-state index in [9.17, 15) is 13.2 Å². The summed E-state index contributed by atoms with van der Waals surface area (Å²) < 4.78 is 23.4. The summed E-state index contributed by atoms with van der Waals surface area (Å²) in [6.45, 7) is 7.39. The second kappa shape index (κ2) is 6.12. The first-order valence-electron chi connectivity index (χ1n) is 7.16. The Balaban J connectivity index is 2.43. The van der Waals surface area contributed by atoms with Gasteiger partial charge in [-0.3, -0.25) is 9.78 Å². The van der Waals surface area contributed by atoms with Gasteiger partial charge in [0.2, 0.25) is 0 Å².